The molecule has 0 saturated heterocycles. The number of hydrogen-bond donors (Lipinski definition) is 1. The molecule has 0 saturated carbocycles. The second-order valence-corrected chi connectivity index (χ2v) is 5.20. The number of anilines is 1. The second-order valence-electron chi connectivity index (χ2n) is 5.20. The number of rotatable bonds is 3. The number of fused-ring (bicyclic) bond motifs is 2. The molecule has 4 rings (SSSR count). The van der Waals surface area contributed by atoms with Crippen molar-refractivity contribution in [2.45, 2.75) is 12.8 Å². The normalized spacial score (nSPS) is 12.6. The third-order valence-corrected chi connectivity index (χ3v) is 3.62. The summed E-state index contributed by atoms with van der Waals surface area (Å²) in [6.07, 6.45) is 3.33. The van der Waals surface area contributed by atoms with Crippen molar-refractivity contribution in [3.8, 4) is 0 Å². The van der Waals surface area contributed by atoms with Crippen LogP contribution in [0.25, 0.3) is 16.7 Å². The van der Waals surface area contributed by atoms with Crippen LogP contribution in [0.15, 0.2) is 53.2 Å². The lowest BCUT2D eigenvalue weighted by atomic mass is 10.1. The number of benzene rings is 1. The van der Waals surface area contributed by atoms with Gasteiger partial charge in [-0.1, -0.05) is 18.2 Å². The third kappa shape index (κ3) is 2.42. The number of nitrogens with one attached hydrogen (secondary N) is 1. The fraction of sp³-hybridized carbons (Fsp3) is 0.125. The molecule has 0 aliphatic carbocycles. The molecule has 23 heavy (non-hydrogen) atoms. The van der Waals surface area contributed by atoms with Gasteiger partial charge in [-0.15, -0.1) is 5.10 Å². The molecule has 1 N–H and O–H groups in total. The van der Waals surface area contributed by atoms with Crippen LogP contribution in [-0.2, 0) is 4.79 Å². The number of amides is 1. The molecule has 7 heteroatoms. The number of furan rings is 1. The maximum Gasteiger partial charge on any atom is 0.253 e. The van der Waals surface area contributed by atoms with E-state index in [9.17, 15) is 4.79 Å². The summed E-state index contributed by atoms with van der Waals surface area (Å²) in [5.41, 5.74) is 0.761. The molecule has 4 aromatic rings. The van der Waals surface area contributed by atoms with Crippen molar-refractivity contribution >= 4 is 28.6 Å². The van der Waals surface area contributed by atoms with E-state index in [0.717, 1.165) is 11.0 Å². The number of carbonyl (C=O) groups excluding carboxylic acids is 1. The first-order valence-corrected chi connectivity index (χ1v) is 7.17. The number of carbonyl (C=O) groups is 1. The van der Waals surface area contributed by atoms with Crippen LogP contribution in [0.2, 0.25) is 0 Å². The zero-order valence-electron chi connectivity index (χ0n) is 12.3. The molecular weight excluding hydrogens is 294 g/mol. The van der Waals surface area contributed by atoms with Gasteiger partial charge in [0.2, 0.25) is 5.91 Å². The molecule has 0 aliphatic heterocycles. The minimum absolute atomic E-state index is 0.219. The predicted octanol–water partition coefficient (Wildman–Crippen LogP) is 2.61. The average molecular weight is 307 g/mol. The quantitative estimate of drug-likeness (QED) is 0.629. The first-order chi connectivity index (χ1) is 11.2. The van der Waals surface area contributed by atoms with E-state index in [4.69, 9.17) is 4.42 Å². The van der Waals surface area contributed by atoms with E-state index in [1.54, 1.807) is 25.4 Å². The molecule has 3 aromatic heterocycles. The number of nitrogens with zero attached hydrogens (tertiary/aromatic N) is 4. The van der Waals surface area contributed by atoms with E-state index in [1.807, 2.05) is 30.3 Å². The Hall–Kier alpha value is -3.22. The van der Waals surface area contributed by atoms with Gasteiger partial charge < -0.3 is 4.42 Å². The van der Waals surface area contributed by atoms with Gasteiger partial charge in [0.25, 0.3) is 11.7 Å². The highest BCUT2D eigenvalue weighted by Crippen LogP contribution is 2.25. The van der Waals surface area contributed by atoms with Crippen molar-refractivity contribution in [2.75, 3.05) is 5.32 Å². The smallest absolute Gasteiger partial charge is 0.253 e. The summed E-state index contributed by atoms with van der Waals surface area (Å²) in [6, 6.07) is 11.3. The zero-order chi connectivity index (χ0) is 15.8. The Bertz CT molecular complexity index is 938. The van der Waals surface area contributed by atoms with Crippen LogP contribution >= 0.6 is 0 Å². The van der Waals surface area contributed by atoms with Crippen LogP contribution in [0, 0.1) is 0 Å². The maximum absolute atomic E-state index is 12.4. The van der Waals surface area contributed by atoms with Crippen LogP contribution in [0.4, 0.5) is 5.95 Å². The first kappa shape index (κ1) is 13.4. The van der Waals surface area contributed by atoms with E-state index < -0.39 is 5.92 Å². The van der Waals surface area contributed by atoms with Crippen molar-refractivity contribution in [2.24, 2.45) is 0 Å². The van der Waals surface area contributed by atoms with E-state index >= 15 is 0 Å². The standard InChI is InChI=1S/C16H13N5O2/c1-10(13-9-11-5-2-3-6-12(11)23-13)14(22)18-15-19-16-17-7-4-8-21(16)20-15/h2-10H,1H3,(H,18,20,22). The van der Waals surface area contributed by atoms with E-state index in [1.165, 1.54) is 4.52 Å². The monoisotopic (exact) mass is 307 g/mol. The molecule has 114 valence electrons. The van der Waals surface area contributed by atoms with Crippen molar-refractivity contribution < 1.29 is 9.21 Å². The van der Waals surface area contributed by atoms with Crippen molar-refractivity contribution in [1.82, 2.24) is 19.6 Å². The van der Waals surface area contributed by atoms with Crippen LogP contribution in [0.1, 0.15) is 18.6 Å². The summed E-state index contributed by atoms with van der Waals surface area (Å²) >= 11 is 0. The Morgan fingerprint density at radius 2 is 2.17 bits per heavy atom. The highest BCUT2D eigenvalue weighted by Gasteiger charge is 2.21. The largest absolute Gasteiger partial charge is 0.460 e. The molecule has 7 nitrogen and oxygen atoms in total. The van der Waals surface area contributed by atoms with Gasteiger partial charge >= 0.3 is 0 Å². The van der Waals surface area contributed by atoms with E-state index in [2.05, 4.69) is 20.4 Å². The summed E-state index contributed by atoms with van der Waals surface area (Å²) < 4.78 is 7.23. The van der Waals surface area contributed by atoms with Crippen LogP contribution < -0.4 is 5.32 Å². The molecule has 1 atom stereocenters. The Balaban J connectivity index is 1.57. The molecule has 0 spiro atoms. The SMILES string of the molecule is CC(C(=O)Nc1nc2ncccn2n1)c1cc2ccccc2o1. The summed E-state index contributed by atoms with van der Waals surface area (Å²) in [7, 11) is 0. The molecule has 3 heterocycles. The highest BCUT2D eigenvalue weighted by atomic mass is 16.3. The molecule has 1 aromatic carbocycles. The van der Waals surface area contributed by atoms with Gasteiger partial charge in [0.15, 0.2) is 0 Å². The Morgan fingerprint density at radius 3 is 3.00 bits per heavy atom. The van der Waals surface area contributed by atoms with Crippen molar-refractivity contribution in [3.63, 3.8) is 0 Å². The first-order valence-electron chi connectivity index (χ1n) is 7.17. The lowest BCUT2D eigenvalue weighted by Crippen LogP contribution is -2.19. The van der Waals surface area contributed by atoms with Gasteiger partial charge in [0.1, 0.15) is 11.3 Å². The lowest BCUT2D eigenvalue weighted by molar-refractivity contribution is -0.117. The lowest BCUT2D eigenvalue weighted by Gasteiger charge is -2.06. The fourth-order valence-electron chi connectivity index (χ4n) is 2.35. The summed E-state index contributed by atoms with van der Waals surface area (Å²) in [6.45, 7) is 1.78. The summed E-state index contributed by atoms with van der Waals surface area (Å²) in [5.74, 6) is 0.559. The number of hydrogen-bond acceptors (Lipinski definition) is 5. The predicted molar refractivity (Wildman–Crippen MR) is 84.0 cm³/mol. The van der Waals surface area contributed by atoms with Crippen LogP contribution in [0.5, 0.6) is 0 Å². The van der Waals surface area contributed by atoms with Gasteiger partial charge in [0, 0.05) is 17.8 Å². The van der Waals surface area contributed by atoms with E-state index in [-0.39, 0.29) is 11.9 Å². The van der Waals surface area contributed by atoms with Crippen molar-refractivity contribution in [1.29, 1.82) is 0 Å². The number of aromatic nitrogens is 4. The summed E-state index contributed by atoms with van der Waals surface area (Å²) in [4.78, 5) is 20.6. The Kier molecular flexibility index (Phi) is 3.04. The Morgan fingerprint density at radius 1 is 1.30 bits per heavy atom. The molecule has 1 unspecified atom stereocenters. The average Bonchev–Trinajstić information content (AvgIpc) is 3.16. The molecule has 0 bridgehead atoms. The topological polar surface area (TPSA) is 85.3 Å². The van der Waals surface area contributed by atoms with Crippen LogP contribution in [0.3, 0.4) is 0 Å². The molecule has 0 aliphatic rings. The number of para-hydroxylation sites is 1. The van der Waals surface area contributed by atoms with Gasteiger partial charge in [-0.25, -0.2) is 9.50 Å². The third-order valence-electron chi connectivity index (χ3n) is 3.62. The van der Waals surface area contributed by atoms with Gasteiger partial charge in [-0.3, -0.25) is 10.1 Å². The minimum Gasteiger partial charge on any atom is -0.460 e. The molecule has 1 amide bonds. The molecular formula is C16H13N5O2. The van der Waals surface area contributed by atoms with Gasteiger partial charge in [-0.05, 0) is 25.1 Å². The maximum atomic E-state index is 12.4. The van der Waals surface area contributed by atoms with Crippen LogP contribution in [-0.4, -0.2) is 25.5 Å². The van der Waals surface area contributed by atoms with Crippen molar-refractivity contribution in [3.05, 3.63) is 54.6 Å². The summed E-state index contributed by atoms with van der Waals surface area (Å²) in [5, 5.41) is 7.81. The zero-order valence-corrected chi connectivity index (χ0v) is 12.3. The fourth-order valence-corrected chi connectivity index (χ4v) is 2.35. The highest BCUT2D eigenvalue weighted by molar-refractivity contribution is 5.94. The second kappa shape index (κ2) is 5.20. The van der Waals surface area contributed by atoms with E-state index in [0.29, 0.717) is 11.5 Å². The minimum atomic E-state index is -0.457. The molecule has 0 radical (unpaired) electrons. The van der Waals surface area contributed by atoms with Gasteiger partial charge in [0.05, 0.1) is 5.92 Å². The Labute approximate surface area is 131 Å². The molecule has 0 fully saturated rings. The van der Waals surface area contributed by atoms with Gasteiger partial charge in [-0.2, -0.15) is 4.98 Å².